The van der Waals surface area contributed by atoms with Crippen molar-refractivity contribution < 1.29 is 0 Å². The summed E-state index contributed by atoms with van der Waals surface area (Å²) in [5, 5.41) is 3.51. The van der Waals surface area contributed by atoms with Crippen molar-refractivity contribution in [3.63, 3.8) is 0 Å². The fraction of sp³-hybridized carbons (Fsp3) is 0.643. The zero-order valence-corrected chi connectivity index (χ0v) is 11.0. The summed E-state index contributed by atoms with van der Waals surface area (Å²) in [5.41, 5.74) is 7.93. The third-order valence-corrected chi connectivity index (χ3v) is 3.73. The number of aryl methyl sites for hydroxylation is 1. The lowest BCUT2D eigenvalue weighted by Gasteiger charge is -2.32. The molecule has 1 heterocycles. The molecule has 2 unspecified atom stereocenters. The SMILES string of the molecule is Cc1ccnc(NC2CC(C)CC(C)C2)c1N. The van der Waals surface area contributed by atoms with Crippen molar-refractivity contribution in [1.82, 2.24) is 4.98 Å². The highest BCUT2D eigenvalue weighted by Crippen LogP contribution is 2.31. The van der Waals surface area contributed by atoms with Gasteiger partial charge in [-0.15, -0.1) is 0 Å². The van der Waals surface area contributed by atoms with Crippen LogP contribution in [0.25, 0.3) is 0 Å². The molecule has 1 aliphatic carbocycles. The van der Waals surface area contributed by atoms with E-state index in [4.69, 9.17) is 5.73 Å². The second-order valence-electron chi connectivity index (χ2n) is 5.65. The molecule has 1 fully saturated rings. The maximum absolute atomic E-state index is 6.04. The number of aromatic nitrogens is 1. The molecular weight excluding hydrogens is 210 g/mol. The Morgan fingerprint density at radius 3 is 2.53 bits per heavy atom. The topological polar surface area (TPSA) is 50.9 Å². The number of nitrogen functional groups attached to an aromatic ring is 1. The molecule has 0 aromatic carbocycles. The molecule has 0 amide bonds. The van der Waals surface area contributed by atoms with Crippen molar-refractivity contribution in [2.24, 2.45) is 11.8 Å². The minimum Gasteiger partial charge on any atom is -0.396 e. The molecule has 2 atom stereocenters. The molecular formula is C14H23N3. The minimum atomic E-state index is 0.519. The first-order valence-corrected chi connectivity index (χ1v) is 6.54. The third-order valence-electron chi connectivity index (χ3n) is 3.73. The Hall–Kier alpha value is -1.25. The first kappa shape index (κ1) is 12.2. The highest BCUT2D eigenvalue weighted by molar-refractivity contribution is 5.65. The second kappa shape index (κ2) is 4.94. The lowest BCUT2D eigenvalue weighted by Crippen LogP contribution is -2.30. The van der Waals surface area contributed by atoms with Crippen LogP contribution in [0.2, 0.25) is 0 Å². The summed E-state index contributed by atoms with van der Waals surface area (Å²) in [7, 11) is 0. The van der Waals surface area contributed by atoms with E-state index in [1.54, 1.807) is 0 Å². The van der Waals surface area contributed by atoms with Gasteiger partial charge in [0, 0.05) is 12.2 Å². The first-order valence-electron chi connectivity index (χ1n) is 6.54. The van der Waals surface area contributed by atoms with Crippen LogP contribution in [-0.2, 0) is 0 Å². The molecule has 94 valence electrons. The van der Waals surface area contributed by atoms with E-state index in [1.165, 1.54) is 19.3 Å². The highest BCUT2D eigenvalue weighted by Gasteiger charge is 2.24. The maximum Gasteiger partial charge on any atom is 0.149 e. The number of hydrogen-bond acceptors (Lipinski definition) is 3. The number of hydrogen-bond donors (Lipinski definition) is 2. The summed E-state index contributed by atoms with van der Waals surface area (Å²) < 4.78 is 0. The normalized spacial score (nSPS) is 29.0. The Bertz CT molecular complexity index is 379. The van der Waals surface area contributed by atoms with Crippen molar-refractivity contribution in [2.45, 2.75) is 46.1 Å². The molecule has 0 spiro atoms. The first-order chi connectivity index (χ1) is 8.06. The Morgan fingerprint density at radius 1 is 1.24 bits per heavy atom. The monoisotopic (exact) mass is 233 g/mol. The Morgan fingerprint density at radius 2 is 1.88 bits per heavy atom. The number of pyridine rings is 1. The van der Waals surface area contributed by atoms with Gasteiger partial charge in [-0.25, -0.2) is 4.98 Å². The third kappa shape index (κ3) is 2.90. The highest BCUT2D eigenvalue weighted by atomic mass is 15.0. The Kier molecular flexibility index (Phi) is 3.55. The fourth-order valence-electron chi connectivity index (χ4n) is 2.94. The van der Waals surface area contributed by atoms with E-state index in [1.807, 2.05) is 19.2 Å². The lowest BCUT2D eigenvalue weighted by atomic mass is 9.80. The van der Waals surface area contributed by atoms with Crippen LogP contribution in [0.5, 0.6) is 0 Å². The summed E-state index contributed by atoms with van der Waals surface area (Å²) >= 11 is 0. The average molecular weight is 233 g/mol. The molecule has 1 aromatic heterocycles. The summed E-state index contributed by atoms with van der Waals surface area (Å²) in [6, 6.07) is 2.47. The van der Waals surface area contributed by atoms with Crippen molar-refractivity contribution in [2.75, 3.05) is 11.1 Å². The summed E-state index contributed by atoms with van der Waals surface area (Å²) in [5.74, 6) is 2.45. The van der Waals surface area contributed by atoms with E-state index in [0.717, 1.165) is 28.9 Å². The van der Waals surface area contributed by atoms with E-state index in [-0.39, 0.29) is 0 Å². The maximum atomic E-state index is 6.04. The molecule has 1 saturated carbocycles. The minimum absolute atomic E-state index is 0.519. The van der Waals surface area contributed by atoms with E-state index in [2.05, 4.69) is 24.1 Å². The van der Waals surface area contributed by atoms with Crippen LogP contribution >= 0.6 is 0 Å². The lowest BCUT2D eigenvalue weighted by molar-refractivity contribution is 0.280. The number of anilines is 2. The molecule has 0 aliphatic heterocycles. The molecule has 3 nitrogen and oxygen atoms in total. The molecule has 1 aromatic rings. The molecule has 1 aliphatic rings. The smallest absolute Gasteiger partial charge is 0.149 e. The second-order valence-corrected chi connectivity index (χ2v) is 5.65. The molecule has 0 saturated heterocycles. The van der Waals surface area contributed by atoms with Gasteiger partial charge in [-0.3, -0.25) is 0 Å². The summed E-state index contributed by atoms with van der Waals surface area (Å²) in [6.45, 7) is 6.68. The number of rotatable bonds is 2. The molecule has 2 rings (SSSR count). The van der Waals surface area contributed by atoms with Gasteiger partial charge >= 0.3 is 0 Å². The van der Waals surface area contributed by atoms with E-state index >= 15 is 0 Å². The molecule has 3 heteroatoms. The van der Waals surface area contributed by atoms with Crippen LogP contribution in [0.3, 0.4) is 0 Å². The van der Waals surface area contributed by atoms with Crippen molar-refractivity contribution >= 4 is 11.5 Å². The fourth-order valence-corrected chi connectivity index (χ4v) is 2.94. The Labute approximate surface area is 104 Å². The van der Waals surface area contributed by atoms with Gasteiger partial charge in [0.25, 0.3) is 0 Å². The Balaban J connectivity index is 2.07. The van der Waals surface area contributed by atoms with Crippen LogP contribution in [0, 0.1) is 18.8 Å². The van der Waals surface area contributed by atoms with E-state index in [9.17, 15) is 0 Å². The van der Waals surface area contributed by atoms with Crippen LogP contribution in [0.4, 0.5) is 11.5 Å². The van der Waals surface area contributed by atoms with Crippen molar-refractivity contribution in [3.05, 3.63) is 17.8 Å². The van der Waals surface area contributed by atoms with Crippen molar-refractivity contribution in [1.29, 1.82) is 0 Å². The van der Waals surface area contributed by atoms with E-state index in [0.29, 0.717) is 6.04 Å². The van der Waals surface area contributed by atoms with Gasteiger partial charge in [0.15, 0.2) is 0 Å². The molecule has 3 N–H and O–H groups in total. The van der Waals surface area contributed by atoms with Crippen LogP contribution in [0.15, 0.2) is 12.3 Å². The molecule has 17 heavy (non-hydrogen) atoms. The van der Waals surface area contributed by atoms with Crippen LogP contribution < -0.4 is 11.1 Å². The summed E-state index contributed by atoms with van der Waals surface area (Å²) in [6.07, 6.45) is 5.61. The van der Waals surface area contributed by atoms with Gasteiger partial charge in [-0.2, -0.15) is 0 Å². The van der Waals surface area contributed by atoms with Gasteiger partial charge in [-0.1, -0.05) is 13.8 Å². The van der Waals surface area contributed by atoms with Gasteiger partial charge in [-0.05, 0) is 49.7 Å². The van der Waals surface area contributed by atoms with Crippen LogP contribution in [-0.4, -0.2) is 11.0 Å². The van der Waals surface area contributed by atoms with Gasteiger partial charge < -0.3 is 11.1 Å². The quantitative estimate of drug-likeness (QED) is 0.824. The largest absolute Gasteiger partial charge is 0.396 e. The van der Waals surface area contributed by atoms with Crippen molar-refractivity contribution in [3.8, 4) is 0 Å². The van der Waals surface area contributed by atoms with Gasteiger partial charge in [0.2, 0.25) is 0 Å². The number of nitrogens with one attached hydrogen (secondary N) is 1. The standard InChI is InChI=1S/C14H23N3/c1-9-6-10(2)8-12(7-9)17-14-13(15)11(3)4-5-16-14/h4-5,9-10,12H,6-8,15H2,1-3H3,(H,16,17). The van der Waals surface area contributed by atoms with Gasteiger partial charge in [0.1, 0.15) is 5.82 Å². The van der Waals surface area contributed by atoms with Crippen LogP contribution in [0.1, 0.15) is 38.7 Å². The summed E-state index contributed by atoms with van der Waals surface area (Å²) in [4.78, 5) is 4.35. The zero-order chi connectivity index (χ0) is 12.4. The number of nitrogens with zero attached hydrogens (tertiary/aromatic N) is 1. The predicted octanol–water partition coefficient (Wildman–Crippen LogP) is 3.21. The zero-order valence-electron chi connectivity index (χ0n) is 11.0. The molecule has 0 radical (unpaired) electrons. The predicted molar refractivity (Wildman–Crippen MR) is 73.0 cm³/mol. The average Bonchev–Trinajstić information content (AvgIpc) is 2.23. The van der Waals surface area contributed by atoms with Gasteiger partial charge in [0.05, 0.1) is 5.69 Å². The van der Waals surface area contributed by atoms with E-state index < -0.39 is 0 Å². The number of nitrogens with two attached hydrogens (primary N) is 1. The molecule has 0 bridgehead atoms.